The van der Waals surface area contributed by atoms with E-state index in [4.69, 9.17) is 9.47 Å². The molecule has 81 heavy (non-hydrogen) atoms. The van der Waals surface area contributed by atoms with Gasteiger partial charge >= 0.3 is 0 Å². The van der Waals surface area contributed by atoms with E-state index in [1.165, 1.54) is 188 Å². The second-order valence-electron chi connectivity index (χ2n) is 23.9. The van der Waals surface area contributed by atoms with Crippen molar-refractivity contribution in [3.05, 3.63) is 274 Å². The van der Waals surface area contributed by atoms with E-state index in [2.05, 4.69) is 232 Å². The maximum absolute atomic E-state index is 6.75. The van der Waals surface area contributed by atoms with Crippen LogP contribution in [0, 0.1) is 0 Å². The van der Waals surface area contributed by atoms with Crippen molar-refractivity contribution < 1.29 is 9.47 Å². The zero-order valence-electron chi connectivity index (χ0n) is 47.0. The highest BCUT2D eigenvalue weighted by Gasteiger charge is 2.53. The van der Waals surface area contributed by atoms with Gasteiger partial charge in [0.1, 0.15) is 23.0 Å². The first-order chi connectivity index (χ1) is 40.1. The van der Waals surface area contributed by atoms with E-state index in [-0.39, 0.29) is 5.41 Å². The molecular formula is C79H70O2. The number of hydrogen-bond donors (Lipinski definition) is 0. The summed E-state index contributed by atoms with van der Waals surface area (Å²) in [4.78, 5) is 0. The Kier molecular flexibility index (Phi) is 12.4. The van der Waals surface area contributed by atoms with Crippen LogP contribution in [0.2, 0.25) is 0 Å². The Morgan fingerprint density at radius 1 is 0.247 bits per heavy atom. The Balaban J connectivity index is 0.891. The lowest BCUT2D eigenvalue weighted by molar-refractivity contribution is 0.398. The second kappa shape index (κ2) is 20.1. The van der Waals surface area contributed by atoms with Crippen molar-refractivity contribution in [3.8, 4) is 78.6 Å². The number of ether oxygens (including phenoxy) is 2. The average Bonchev–Trinajstić information content (AvgIpc) is 4.23. The van der Waals surface area contributed by atoms with Crippen molar-refractivity contribution in [2.45, 2.75) is 120 Å². The van der Waals surface area contributed by atoms with Gasteiger partial charge in [0.05, 0.1) is 10.8 Å². The molecule has 3 aliphatic carbocycles. The van der Waals surface area contributed by atoms with Crippen LogP contribution in [0.1, 0.15) is 159 Å². The van der Waals surface area contributed by atoms with Crippen LogP contribution >= 0.6 is 0 Å². The summed E-state index contributed by atoms with van der Waals surface area (Å²) >= 11 is 0. The third-order valence-corrected chi connectivity index (χ3v) is 19.6. The second-order valence-corrected chi connectivity index (χ2v) is 23.9. The van der Waals surface area contributed by atoms with Gasteiger partial charge in [-0.05, 0) is 150 Å². The lowest BCUT2D eigenvalue weighted by Crippen LogP contribution is -2.32. The number of unbranched alkanes of at least 4 members (excludes halogenated alkanes) is 10. The SMILES string of the molecule is CCCCCCCCC1(CCCCCCCC)c2cc(-c3ccc4c(c3)C3(c5ccccc5Oc5ccccc53)c3ccccc3-4)ccc2-c2ccc(-c3ccc4c(c3)C3(c5ccccc5Oc5ccccc53)c3ccccc3-4)cc21. The number of rotatable bonds is 16. The smallest absolute Gasteiger partial charge is 0.132 e. The maximum atomic E-state index is 6.75. The summed E-state index contributed by atoms with van der Waals surface area (Å²) in [5, 5.41) is 0. The first-order valence-electron chi connectivity index (χ1n) is 30.6. The maximum Gasteiger partial charge on any atom is 0.132 e. The number of benzene rings is 10. The number of fused-ring (bicyclic) bond motifs is 21. The van der Waals surface area contributed by atoms with Gasteiger partial charge in [-0.1, -0.05) is 261 Å². The van der Waals surface area contributed by atoms with E-state index in [1.807, 2.05) is 0 Å². The van der Waals surface area contributed by atoms with Gasteiger partial charge < -0.3 is 9.47 Å². The summed E-state index contributed by atoms with van der Waals surface area (Å²) in [5.41, 5.74) is 25.1. The Morgan fingerprint density at radius 2 is 0.519 bits per heavy atom. The average molecular weight is 1050 g/mol. The molecule has 0 bridgehead atoms. The predicted octanol–water partition coefficient (Wildman–Crippen LogP) is 21.7. The molecule has 2 heterocycles. The summed E-state index contributed by atoms with van der Waals surface area (Å²) in [6.45, 7) is 4.66. The van der Waals surface area contributed by atoms with Gasteiger partial charge in [-0.15, -0.1) is 0 Å². The van der Waals surface area contributed by atoms with E-state index in [0.29, 0.717) is 0 Å². The molecule has 2 heteroatoms. The normalized spacial score (nSPS) is 15.0. The zero-order chi connectivity index (χ0) is 54.1. The van der Waals surface area contributed by atoms with E-state index in [1.54, 1.807) is 0 Å². The summed E-state index contributed by atoms with van der Waals surface area (Å²) in [6, 6.07) is 83.1. The van der Waals surface area contributed by atoms with Crippen LogP contribution in [0.4, 0.5) is 0 Å². The third kappa shape index (κ3) is 7.51. The fourth-order valence-electron chi connectivity index (χ4n) is 16.0. The molecule has 0 atom stereocenters. The fraction of sp³-hybridized carbons (Fsp3) is 0.241. The highest BCUT2D eigenvalue weighted by Crippen LogP contribution is 2.65. The van der Waals surface area contributed by atoms with E-state index >= 15 is 0 Å². The molecule has 0 fully saturated rings. The molecule has 0 saturated carbocycles. The van der Waals surface area contributed by atoms with E-state index in [0.717, 1.165) is 35.8 Å². The number of hydrogen-bond acceptors (Lipinski definition) is 2. The summed E-state index contributed by atoms with van der Waals surface area (Å²) in [5.74, 6) is 3.71. The number of para-hydroxylation sites is 4. The molecule has 0 radical (unpaired) electrons. The molecule has 10 aromatic rings. The molecule has 2 spiro atoms. The molecule has 0 aromatic heterocycles. The van der Waals surface area contributed by atoms with Gasteiger partial charge in [-0.2, -0.15) is 0 Å². The van der Waals surface area contributed by atoms with Crippen LogP contribution in [-0.4, -0.2) is 0 Å². The topological polar surface area (TPSA) is 18.5 Å². The summed E-state index contributed by atoms with van der Waals surface area (Å²) in [7, 11) is 0. The molecule has 2 nitrogen and oxygen atoms in total. The zero-order valence-corrected chi connectivity index (χ0v) is 47.0. The Bertz CT molecular complexity index is 3720. The monoisotopic (exact) mass is 1050 g/mol. The van der Waals surface area contributed by atoms with E-state index < -0.39 is 10.8 Å². The van der Waals surface area contributed by atoms with Gasteiger partial charge in [0.15, 0.2) is 0 Å². The standard InChI is InChI=1S/C79H70O2/c1-3-5-7-9-11-25-47-77(48-26-12-10-8-6-4-2)69-49-53(55-41-45-61-57-27-13-15-29-63(57)78(71(61)51-55)65-31-17-21-35-73(65)80-74-36-22-18-32-66(74)78)39-43-59(69)60-44-40-54(50-70(60)77)56-42-46-62-58-28-14-16-30-64(58)79(72(62)52-56)67-33-19-23-37-75(67)81-76-38-24-20-34-68(76)79/h13-24,27-46,49-52H,3-12,25-26,47-48H2,1-2H3. The van der Waals surface area contributed by atoms with Crippen LogP contribution in [0.5, 0.6) is 23.0 Å². The Labute approximate surface area is 479 Å². The molecule has 0 unspecified atom stereocenters. The van der Waals surface area contributed by atoms with Crippen molar-refractivity contribution >= 4 is 0 Å². The molecule has 0 saturated heterocycles. The minimum absolute atomic E-state index is 0.133. The molecule has 15 rings (SSSR count). The van der Waals surface area contributed by atoms with Crippen LogP contribution in [0.25, 0.3) is 55.6 Å². The van der Waals surface area contributed by atoms with Gasteiger partial charge in [-0.25, -0.2) is 0 Å². The molecule has 10 aromatic carbocycles. The van der Waals surface area contributed by atoms with Crippen LogP contribution in [0.3, 0.4) is 0 Å². The Hall–Kier alpha value is -8.20. The van der Waals surface area contributed by atoms with Crippen molar-refractivity contribution in [2.24, 2.45) is 0 Å². The van der Waals surface area contributed by atoms with Crippen molar-refractivity contribution in [1.82, 2.24) is 0 Å². The van der Waals surface area contributed by atoms with Gasteiger partial charge in [-0.3, -0.25) is 0 Å². The van der Waals surface area contributed by atoms with Gasteiger partial charge in [0, 0.05) is 27.7 Å². The van der Waals surface area contributed by atoms with Crippen molar-refractivity contribution in [1.29, 1.82) is 0 Å². The van der Waals surface area contributed by atoms with Gasteiger partial charge in [0.2, 0.25) is 0 Å². The largest absolute Gasteiger partial charge is 0.457 e. The molecular weight excluding hydrogens is 981 g/mol. The lowest BCUT2D eigenvalue weighted by Gasteiger charge is -2.39. The molecule has 0 amide bonds. The summed E-state index contributed by atoms with van der Waals surface area (Å²) < 4.78 is 13.5. The first-order valence-corrected chi connectivity index (χ1v) is 30.6. The molecule has 398 valence electrons. The Morgan fingerprint density at radius 3 is 0.877 bits per heavy atom. The van der Waals surface area contributed by atoms with Crippen LogP contribution < -0.4 is 9.47 Å². The van der Waals surface area contributed by atoms with Crippen molar-refractivity contribution in [3.63, 3.8) is 0 Å². The van der Waals surface area contributed by atoms with Crippen LogP contribution in [-0.2, 0) is 16.2 Å². The summed E-state index contributed by atoms with van der Waals surface area (Å²) in [6.07, 6.45) is 17.6. The van der Waals surface area contributed by atoms with E-state index in [9.17, 15) is 0 Å². The third-order valence-electron chi connectivity index (χ3n) is 19.6. The predicted molar refractivity (Wildman–Crippen MR) is 334 cm³/mol. The van der Waals surface area contributed by atoms with Crippen molar-refractivity contribution in [2.75, 3.05) is 0 Å². The highest BCUT2D eigenvalue weighted by atomic mass is 16.5. The highest BCUT2D eigenvalue weighted by molar-refractivity contribution is 5.94. The molecule has 5 aliphatic rings. The minimum Gasteiger partial charge on any atom is -0.457 e. The minimum atomic E-state index is -0.520. The first kappa shape index (κ1) is 49.8. The fourth-order valence-corrected chi connectivity index (χ4v) is 16.0. The van der Waals surface area contributed by atoms with Crippen LogP contribution in [0.15, 0.2) is 218 Å². The molecule has 2 aliphatic heterocycles. The quantitative estimate of drug-likeness (QED) is 0.0898. The molecule has 0 N–H and O–H groups in total. The lowest BCUT2D eigenvalue weighted by atomic mass is 9.66. The van der Waals surface area contributed by atoms with Gasteiger partial charge in [0.25, 0.3) is 0 Å².